The topological polar surface area (TPSA) is 71.0 Å². The molecule has 6 unspecified atom stereocenters. The number of benzene rings is 4. The van der Waals surface area contributed by atoms with Gasteiger partial charge in [0.1, 0.15) is 0 Å². The van der Waals surface area contributed by atoms with Crippen LogP contribution in [0, 0.1) is 16.7 Å². The molecule has 0 radical (unpaired) electrons. The average molecular weight is 659 g/mol. The Morgan fingerprint density at radius 2 is 1.57 bits per heavy atom. The molecule has 6 atom stereocenters. The SMILES string of the molecule is CC1C(CN2CC3(C)CC2CC(C)(C)C3)OC(c2ccc(-c3cccc(CNC(=O)c4ccccc4)c3)cc2)OC1c1ccc(CO)cc1. The quantitative estimate of drug-likeness (QED) is 0.189. The molecule has 49 heavy (non-hydrogen) atoms. The molecule has 256 valence electrons. The highest BCUT2D eigenvalue weighted by atomic mass is 16.7. The van der Waals surface area contributed by atoms with Gasteiger partial charge in [-0.1, -0.05) is 113 Å². The van der Waals surface area contributed by atoms with Crippen LogP contribution in [0.15, 0.2) is 103 Å². The van der Waals surface area contributed by atoms with Crippen LogP contribution in [0.25, 0.3) is 11.1 Å². The van der Waals surface area contributed by atoms with E-state index in [1.54, 1.807) is 0 Å². The van der Waals surface area contributed by atoms with Crippen molar-refractivity contribution in [1.29, 1.82) is 0 Å². The molecular formula is C43H50N2O4. The van der Waals surface area contributed by atoms with Crippen molar-refractivity contribution in [3.8, 4) is 11.1 Å². The van der Waals surface area contributed by atoms with E-state index >= 15 is 0 Å². The lowest BCUT2D eigenvalue weighted by Gasteiger charge is -2.43. The number of ether oxygens (including phenoxy) is 2. The Kier molecular flexibility index (Phi) is 9.51. The number of likely N-dealkylation sites (tertiary alicyclic amines) is 1. The van der Waals surface area contributed by atoms with Crippen LogP contribution < -0.4 is 5.32 Å². The Hall–Kier alpha value is -3.81. The van der Waals surface area contributed by atoms with Gasteiger partial charge in [-0.25, -0.2) is 0 Å². The second kappa shape index (κ2) is 13.8. The van der Waals surface area contributed by atoms with Crippen molar-refractivity contribution in [2.45, 2.75) is 84.6 Å². The van der Waals surface area contributed by atoms with Gasteiger partial charge in [0.25, 0.3) is 5.91 Å². The average Bonchev–Trinajstić information content (AvgIpc) is 3.35. The minimum absolute atomic E-state index is 0.00906. The molecule has 3 fully saturated rings. The monoisotopic (exact) mass is 658 g/mol. The van der Waals surface area contributed by atoms with Crippen LogP contribution in [0.5, 0.6) is 0 Å². The summed E-state index contributed by atoms with van der Waals surface area (Å²) in [4.78, 5) is 15.3. The number of nitrogens with zero attached hydrogens (tertiary/aromatic N) is 1. The van der Waals surface area contributed by atoms with Gasteiger partial charge in [-0.3, -0.25) is 9.69 Å². The molecule has 6 nitrogen and oxygen atoms in total. The Morgan fingerprint density at radius 3 is 2.31 bits per heavy atom. The summed E-state index contributed by atoms with van der Waals surface area (Å²) in [6.45, 7) is 12.1. The Labute approximate surface area is 291 Å². The number of carbonyl (C=O) groups is 1. The number of hydrogen-bond donors (Lipinski definition) is 2. The predicted molar refractivity (Wildman–Crippen MR) is 194 cm³/mol. The number of hydrogen-bond acceptors (Lipinski definition) is 5. The number of nitrogens with one attached hydrogen (secondary N) is 1. The van der Waals surface area contributed by atoms with Gasteiger partial charge in [0.2, 0.25) is 0 Å². The summed E-state index contributed by atoms with van der Waals surface area (Å²) in [7, 11) is 0. The third-order valence-electron chi connectivity index (χ3n) is 11.0. The van der Waals surface area contributed by atoms with Crippen molar-refractivity contribution >= 4 is 5.91 Å². The number of aliphatic hydroxyl groups excluding tert-OH is 1. The third kappa shape index (κ3) is 7.53. The minimum atomic E-state index is -0.494. The van der Waals surface area contributed by atoms with Crippen molar-refractivity contribution < 1.29 is 19.4 Å². The lowest BCUT2D eigenvalue weighted by molar-refractivity contribution is -0.276. The van der Waals surface area contributed by atoms with E-state index in [2.05, 4.69) is 86.4 Å². The van der Waals surface area contributed by atoms with Crippen LogP contribution in [0.1, 0.15) is 92.0 Å². The summed E-state index contributed by atoms with van der Waals surface area (Å²) >= 11 is 0. The first kappa shape index (κ1) is 33.7. The minimum Gasteiger partial charge on any atom is -0.392 e. The molecule has 2 heterocycles. The van der Waals surface area contributed by atoms with Gasteiger partial charge in [0.05, 0.1) is 18.8 Å². The van der Waals surface area contributed by atoms with E-state index in [0.717, 1.165) is 46.5 Å². The largest absolute Gasteiger partial charge is 0.392 e. The zero-order valence-electron chi connectivity index (χ0n) is 29.3. The maximum atomic E-state index is 12.6. The predicted octanol–water partition coefficient (Wildman–Crippen LogP) is 8.47. The lowest BCUT2D eigenvalue weighted by Crippen LogP contribution is -2.46. The van der Waals surface area contributed by atoms with Gasteiger partial charge in [-0.2, -0.15) is 0 Å². The van der Waals surface area contributed by atoms with Crippen molar-refractivity contribution in [2.75, 3.05) is 13.1 Å². The van der Waals surface area contributed by atoms with Crippen molar-refractivity contribution in [3.05, 3.63) is 131 Å². The Morgan fingerprint density at radius 1 is 0.837 bits per heavy atom. The van der Waals surface area contributed by atoms with Gasteiger partial charge < -0.3 is 19.9 Å². The van der Waals surface area contributed by atoms with E-state index in [0.29, 0.717) is 29.0 Å². The molecule has 2 saturated heterocycles. The van der Waals surface area contributed by atoms with Gasteiger partial charge in [0.15, 0.2) is 6.29 Å². The fourth-order valence-corrected chi connectivity index (χ4v) is 8.92. The normalized spacial score (nSPS) is 27.9. The zero-order chi connectivity index (χ0) is 34.2. The second-order valence-electron chi connectivity index (χ2n) is 15.8. The third-order valence-corrected chi connectivity index (χ3v) is 11.0. The smallest absolute Gasteiger partial charge is 0.251 e. The molecule has 3 aliphatic rings. The number of fused-ring (bicyclic) bond motifs is 2. The van der Waals surface area contributed by atoms with Gasteiger partial charge in [0, 0.05) is 42.7 Å². The fraction of sp³-hybridized carbons (Fsp3) is 0.419. The molecule has 4 aromatic rings. The van der Waals surface area contributed by atoms with Crippen molar-refractivity contribution in [3.63, 3.8) is 0 Å². The molecule has 2 aliphatic heterocycles. The molecule has 0 spiro atoms. The van der Waals surface area contributed by atoms with Crippen LogP contribution in [0.3, 0.4) is 0 Å². The Balaban J connectivity index is 1.09. The summed E-state index contributed by atoms with van der Waals surface area (Å²) in [5, 5.41) is 12.7. The first-order valence-corrected chi connectivity index (χ1v) is 17.9. The molecule has 7 rings (SSSR count). The molecule has 0 aromatic heterocycles. The summed E-state index contributed by atoms with van der Waals surface area (Å²) < 4.78 is 13.7. The number of aliphatic hydroxyl groups is 1. The fourth-order valence-electron chi connectivity index (χ4n) is 8.92. The number of carbonyl (C=O) groups excluding carboxylic acids is 1. The highest BCUT2D eigenvalue weighted by molar-refractivity contribution is 5.94. The summed E-state index contributed by atoms with van der Waals surface area (Å²) in [5.41, 5.74) is 7.62. The lowest BCUT2D eigenvalue weighted by atomic mass is 9.65. The molecule has 2 bridgehead atoms. The zero-order valence-corrected chi connectivity index (χ0v) is 29.3. The van der Waals surface area contributed by atoms with Crippen molar-refractivity contribution in [2.24, 2.45) is 16.7 Å². The number of rotatable bonds is 9. The summed E-state index contributed by atoms with van der Waals surface area (Å²) in [6.07, 6.45) is 3.16. The maximum Gasteiger partial charge on any atom is 0.251 e. The van der Waals surface area contributed by atoms with E-state index in [1.807, 2.05) is 54.6 Å². The van der Waals surface area contributed by atoms with Crippen LogP contribution >= 0.6 is 0 Å². The summed E-state index contributed by atoms with van der Waals surface area (Å²) in [5.74, 6) is 0.0748. The van der Waals surface area contributed by atoms with Gasteiger partial charge in [-0.05, 0) is 76.1 Å². The molecule has 1 amide bonds. The van der Waals surface area contributed by atoms with Crippen LogP contribution in [0.4, 0.5) is 0 Å². The molecule has 1 aliphatic carbocycles. The summed E-state index contributed by atoms with van der Waals surface area (Å²) in [6, 6.07) is 34.9. The van der Waals surface area contributed by atoms with E-state index in [9.17, 15) is 9.90 Å². The van der Waals surface area contributed by atoms with E-state index in [1.165, 1.54) is 19.3 Å². The standard InChI is InChI=1S/C43H50N2O4/c1-29-38(25-45-28-43(4)23-37(45)22-42(2,3)27-43)48-41(49-39(29)33-15-13-30(26-46)14-16-33)35-19-17-32(18-20-35)36-12-8-9-31(21-36)24-44-40(47)34-10-6-5-7-11-34/h5-21,29,37-39,41,46H,22-28H2,1-4H3,(H,44,47). The molecule has 1 saturated carbocycles. The van der Waals surface area contributed by atoms with E-state index < -0.39 is 6.29 Å². The second-order valence-corrected chi connectivity index (χ2v) is 15.8. The highest BCUT2D eigenvalue weighted by Crippen LogP contribution is 2.53. The first-order valence-electron chi connectivity index (χ1n) is 17.9. The molecule has 4 aromatic carbocycles. The van der Waals surface area contributed by atoms with E-state index in [4.69, 9.17) is 9.47 Å². The van der Waals surface area contributed by atoms with Crippen LogP contribution in [-0.4, -0.2) is 41.1 Å². The van der Waals surface area contributed by atoms with Gasteiger partial charge in [-0.15, -0.1) is 0 Å². The van der Waals surface area contributed by atoms with Gasteiger partial charge >= 0.3 is 0 Å². The van der Waals surface area contributed by atoms with E-state index in [-0.39, 0.29) is 30.6 Å². The van der Waals surface area contributed by atoms with Crippen molar-refractivity contribution in [1.82, 2.24) is 10.2 Å². The number of amides is 1. The molecule has 6 heteroatoms. The van der Waals surface area contributed by atoms with Crippen LogP contribution in [0.2, 0.25) is 0 Å². The molecular weight excluding hydrogens is 608 g/mol. The first-order chi connectivity index (χ1) is 23.6. The van der Waals surface area contributed by atoms with Crippen LogP contribution in [-0.2, 0) is 22.6 Å². The highest BCUT2D eigenvalue weighted by Gasteiger charge is 2.51. The molecule has 2 N–H and O–H groups in total. The Bertz CT molecular complexity index is 1740. The maximum absolute atomic E-state index is 12.6.